The first kappa shape index (κ1) is 84.1. The van der Waals surface area contributed by atoms with Gasteiger partial charge in [0.15, 0.2) is 5.78 Å². The lowest BCUT2D eigenvalue weighted by Gasteiger charge is -2.35. The molecule has 0 heterocycles. The van der Waals surface area contributed by atoms with Gasteiger partial charge in [-0.25, -0.2) is 0 Å². The molecular formula is C93H97NO18. The molecule has 9 aromatic rings. The van der Waals surface area contributed by atoms with Crippen molar-refractivity contribution in [2.45, 2.75) is 135 Å². The Labute approximate surface area is 654 Å². The summed E-state index contributed by atoms with van der Waals surface area (Å²) in [6, 6.07) is 66.5. The Balaban J connectivity index is 0.000000139. The number of rotatable bonds is 16. The average Bonchev–Trinajstić information content (AvgIpc) is 1.05. The van der Waals surface area contributed by atoms with Gasteiger partial charge in [-0.15, -0.1) is 0 Å². The van der Waals surface area contributed by atoms with E-state index >= 15 is 0 Å². The Morgan fingerprint density at radius 1 is 0.348 bits per heavy atom. The van der Waals surface area contributed by atoms with E-state index in [0.29, 0.717) is 82.0 Å². The van der Waals surface area contributed by atoms with Crippen LogP contribution in [0.4, 0.5) is 0 Å². The van der Waals surface area contributed by atoms with E-state index in [1.54, 1.807) is 18.2 Å². The number of methoxy groups -OCH3 is 4. The highest BCUT2D eigenvalue weighted by atomic mass is 16.7. The second kappa shape index (κ2) is 38.3. The monoisotopic (exact) mass is 1520 g/mol. The number of ether oxygens (including phenoxy) is 10. The Bertz CT molecular complexity index is 4920. The standard InChI is InChI=1S/C16H14O3.C15H20O3.C14H12O3.C14H18O3.C13H16O3.C12H11NO.C9H6O2/c1-18-16(19-2)14-10-6-5-8-12(14)11-7-3-4-9-13(11)15(16)17;1-3-17-15(18-4-2)11-7-9-12-8-5-6-10-13(12)14(15)16;1-16-14(17-2)11-8-4-6-9-5-3-7-10(12(9)11)13(14)15;1-3-16-14(17-4-2)10-9-11-7-5-6-8-12(11)13(14)15;1-3-15-13(16-4-2)9-10-7-5-6-8-11(10)12(13)14;13-8-10-6-3-5-9-4-1-2-7-11(9)12(10)14;10-8-5-6-3-1-2-4-7(6)9(8)11/h3-10H,1-2H3;5-6,8,10H,3-4,7,9,11H2,1-2H3;3-8H,1-2H3;5-8H,3-4,9-10H2,1-2H3;5-8H,3-4,9H2,1-2H3;1-2,4,7,10H,3,5-6H2;1-4H,5H2. The number of fused-ring (bicyclic) bond motifs is 8. The Morgan fingerprint density at radius 2 is 0.723 bits per heavy atom. The van der Waals surface area contributed by atoms with Crippen molar-refractivity contribution in [3.05, 3.63) is 284 Å². The minimum atomic E-state index is -1.34. The fraction of sp³-hybridized carbons (Fsp3) is 0.344. The topological polar surface area (TPSA) is 253 Å². The molecule has 0 aliphatic heterocycles. The predicted octanol–water partition coefficient (Wildman–Crippen LogP) is 16.6. The molecule has 0 saturated carbocycles. The highest BCUT2D eigenvalue weighted by molar-refractivity contribution is 6.47. The van der Waals surface area contributed by atoms with Crippen LogP contribution in [0.15, 0.2) is 206 Å². The molecule has 7 aliphatic carbocycles. The molecule has 0 saturated heterocycles. The zero-order chi connectivity index (χ0) is 80.2. The van der Waals surface area contributed by atoms with E-state index in [-0.39, 0.29) is 52.7 Å². The number of Topliss-reactive ketones (excluding diaryl/α,β-unsaturated/α-hetero) is 8. The Hall–Kier alpha value is -10.3. The lowest BCUT2D eigenvalue weighted by atomic mass is 9.80. The van der Waals surface area contributed by atoms with Crippen molar-refractivity contribution >= 4 is 57.0 Å². The number of benzene rings is 9. The first-order valence-corrected chi connectivity index (χ1v) is 38.2. The van der Waals surface area contributed by atoms with Crippen LogP contribution in [0, 0.1) is 17.2 Å². The van der Waals surface area contributed by atoms with E-state index in [9.17, 15) is 38.4 Å². The van der Waals surface area contributed by atoms with Crippen molar-refractivity contribution < 1.29 is 85.7 Å². The number of aryl methyl sites for hydroxylation is 3. The molecular weight excluding hydrogens is 1420 g/mol. The molecule has 1 unspecified atom stereocenters. The number of hydrogen-bond donors (Lipinski definition) is 0. The number of ketones is 8. The van der Waals surface area contributed by atoms with Gasteiger partial charge in [-0.3, -0.25) is 38.4 Å². The maximum absolute atomic E-state index is 12.7. The van der Waals surface area contributed by atoms with Gasteiger partial charge in [0.25, 0.3) is 11.6 Å². The fourth-order valence-corrected chi connectivity index (χ4v) is 15.6. The van der Waals surface area contributed by atoms with Gasteiger partial charge in [0, 0.05) is 149 Å². The van der Waals surface area contributed by atoms with E-state index in [4.69, 9.17) is 52.6 Å². The Morgan fingerprint density at radius 3 is 1.24 bits per heavy atom. The van der Waals surface area contributed by atoms with Gasteiger partial charge in [-0.05, 0) is 124 Å². The lowest BCUT2D eigenvalue weighted by molar-refractivity contribution is -0.201. The summed E-state index contributed by atoms with van der Waals surface area (Å²) < 4.78 is 55.3. The molecule has 112 heavy (non-hydrogen) atoms. The van der Waals surface area contributed by atoms with Crippen molar-refractivity contribution in [1.82, 2.24) is 0 Å². The van der Waals surface area contributed by atoms with Crippen LogP contribution in [0.1, 0.15) is 185 Å². The number of carbonyl (C=O) groups is 8. The Kier molecular flexibility index (Phi) is 28.8. The van der Waals surface area contributed by atoms with Crippen molar-refractivity contribution in [3.63, 3.8) is 0 Å². The second-order valence-electron chi connectivity index (χ2n) is 27.0. The van der Waals surface area contributed by atoms with Crippen molar-refractivity contribution in [1.29, 1.82) is 5.26 Å². The SMILES string of the molecule is CCOC1(OCC)CCCc2ccccc2C1=O.CCOC1(OCC)CCc2ccccc2C1=O.CCOC1(OCC)Cc2ccccc2C1=O.COC1(OC)C(=O)c2cccc3cccc1c23.COC1(OC)C(=O)c2ccccc2-c2ccccc21.N#CC1CCCc2ccccc2C1=O.O=C1Cc2ccccc2C1=O. The maximum atomic E-state index is 12.7. The fourth-order valence-electron chi connectivity index (χ4n) is 15.6. The van der Waals surface area contributed by atoms with Gasteiger partial charge in [0.1, 0.15) is 5.92 Å². The summed E-state index contributed by atoms with van der Waals surface area (Å²) >= 11 is 0. The molecule has 7 aliphatic rings. The van der Waals surface area contributed by atoms with Crippen molar-refractivity contribution in [3.8, 4) is 17.2 Å². The number of carbonyl (C=O) groups excluding carboxylic acids is 8. The van der Waals surface area contributed by atoms with Crippen LogP contribution in [-0.4, -0.2) is 132 Å². The first-order valence-electron chi connectivity index (χ1n) is 38.2. The van der Waals surface area contributed by atoms with Crippen molar-refractivity contribution in [2.75, 3.05) is 68.1 Å². The number of nitrogens with zero attached hydrogens (tertiary/aromatic N) is 1. The number of nitriles is 1. The van der Waals surface area contributed by atoms with E-state index in [2.05, 4.69) is 6.07 Å². The zero-order valence-corrected chi connectivity index (χ0v) is 65.3. The third-order valence-electron chi connectivity index (χ3n) is 20.7. The molecule has 0 fully saturated rings. The number of hydrogen-bond acceptors (Lipinski definition) is 19. The van der Waals surface area contributed by atoms with Crippen LogP contribution in [0.25, 0.3) is 21.9 Å². The molecule has 0 spiro atoms. The quantitative estimate of drug-likeness (QED) is 0.0495. The summed E-state index contributed by atoms with van der Waals surface area (Å²) in [5.74, 6) is -7.28. The van der Waals surface area contributed by atoms with Crippen molar-refractivity contribution in [2.24, 2.45) is 5.92 Å². The molecule has 16 rings (SSSR count). The zero-order valence-electron chi connectivity index (χ0n) is 65.3. The van der Waals surface area contributed by atoms with E-state index < -0.39 is 34.9 Å². The van der Waals surface area contributed by atoms with Crippen LogP contribution < -0.4 is 0 Å². The summed E-state index contributed by atoms with van der Waals surface area (Å²) in [4.78, 5) is 96.3. The largest absolute Gasteiger partial charge is 0.344 e. The minimum absolute atomic E-state index is 0.000556. The second-order valence-corrected chi connectivity index (χ2v) is 27.0. The molecule has 0 bridgehead atoms. The molecule has 582 valence electrons. The van der Waals surface area contributed by atoms with Crippen LogP contribution in [0.5, 0.6) is 0 Å². The summed E-state index contributed by atoms with van der Waals surface area (Å²) in [5.41, 5.74) is 13.4. The molecule has 19 nitrogen and oxygen atoms in total. The van der Waals surface area contributed by atoms with E-state index in [1.807, 2.05) is 230 Å². The third-order valence-corrected chi connectivity index (χ3v) is 20.7. The van der Waals surface area contributed by atoms with Gasteiger partial charge in [-0.2, -0.15) is 5.26 Å². The maximum Gasteiger partial charge on any atom is 0.261 e. The van der Waals surface area contributed by atoms with Crippen LogP contribution in [0.3, 0.4) is 0 Å². The van der Waals surface area contributed by atoms with Crippen LogP contribution in [0.2, 0.25) is 0 Å². The first-order chi connectivity index (χ1) is 54.3. The minimum Gasteiger partial charge on any atom is -0.344 e. The molecule has 0 N–H and O–H groups in total. The highest BCUT2D eigenvalue weighted by Gasteiger charge is 2.51. The predicted molar refractivity (Wildman–Crippen MR) is 423 cm³/mol. The van der Waals surface area contributed by atoms with E-state index in [1.165, 1.54) is 28.4 Å². The van der Waals surface area contributed by atoms with Gasteiger partial charge >= 0.3 is 0 Å². The normalized spacial score (nSPS) is 17.5. The average molecular weight is 1520 g/mol. The van der Waals surface area contributed by atoms with E-state index in [0.717, 1.165) is 115 Å². The molecule has 0 aromatic heterocycles. The molecule has 0 amide bonds. The summed E-state index contributed by atoms with van der Waals surface area (Å²) in [7, 11) is 5.97. The van der Waals surface area contributed by atoms with Crippen LogP contribution in [-0.2, 0) is 95.8 Å². The highest BCUT2D eigenvalue weighted by Crippen LogP contribution is 2.46. The molecule has 0 radical (unpaired) electrons. The molecule has 1 atom stereocenters. The van der Waals surface area contributed by atoms with Gasteiger partial charge < -0.3 is 47.4 Å². The lowest BCUT2D eigenvalue weighted by Crippen LogP contribution is -2.47. The molecule has 19 heteroatoms. The smallest absolute Gasteiger partial charge is 0.261 e. The van der Waals surface area contributed by atoms with Crippen LogP contribution >= 0.6 is 0 Å². The summed E-state index contributed by atoms with van der Waals surface area (Å²) in [6.07, 6.45) is 7.21. The molecule has 9 aromatic carbocycles. The summed E-state index contributed by atoms with van der Waals surface area (Å²) in [6.45, 7) is 14.2. The van der Waals surface area contributed by atoms with Gasteiger partial charge in [0.05, 0.1) is 6.07 Å². The van der Waals surface area contributed by atoms with Gasteiger partial charge in [0.2, 0.25) is 57.8 Å². The third kappa shape index (κ3) is 17.0. The summed E-state index contributed by atoms with van der Waals surface area (Å²) in [5, 5.41) is 10.8. The van der Waals surface area contributed by atoms with Gasteiger partial charge in [-0.1, -0.05) is 206 Å².